The highest BCUT2D eigenvalue weighted by Gasteiger charge is 2.15. The van der Waals surface area contributed by atoms with Crippen molar-refractivity contribution in [3.8, 4) is 0 Å². The van der Waals surface area contributed by atoms with Crippen molar-refractivity contribution in [3.63, 3.8) is 0 Å². The van der Waals surface area contributed by atoms with Crippen LogP contribution in [0.25, 0.3) is 0 Å². The lowest BCUT2D eigenvalue weighted by Gasteiger charge is -2.17. The lowest BCUT2D eigenvalue weighted by atomic mass is 9.90. The van der Waals surface area contributed by atoms with E-state index in [0.717, 1.165) is 44.9 Å². The van der Waals surface area contributed by atoms with Gasteiger partial charge in [-0.05, 0) is 80.0 Å². The Labute approximate surface area is 196 Å². The van der Waals surface area contributed by atoms with Crippen LogP contribution in [0.5, 0.6) is 0 Å². The molecule has 32 heavy (non-hydrogen) atoms. The van der Waals surface area contributed by atoms with Crippen LogP contribution in [0.3, 0.4) is 0 Å². The van der Waals surface area contributed by atoms with E-state index < -0.39 is 10.0 Å². The summed E-state index contributed by atoms with van der Waals surface area (Å²) in [4.78, 5) is 16.0. The van der Waals surface area contributed by atoms with Gasteiger partial charge in [0.25, 0.3) is 0 Å². The largest absolute Gasteiger partial charge is 0.469 e. The maximum absolute atomic E-state index is 12.3. The summed E-state index contributed by atoms with van der Waals surface area (Å²) >= 11 is 5.82. The second kappa shape index (κ2) is 13.6. The molecule has 0 aliphatic heterocycles. The fourth-order valence-corrected chi connectivity index (χ4v) is 4.86. The van der Waals surface area contributed by atoms with Crippen molar-refractivity contribution in [1.29, 1.82) is 0 Å². The number of methoxy groups -OCH3 is 1. The Morgan fingerprint density at radius 1 is 1.09 bits per heavy atom. The Bertz CT molecular complexity index is 949. The quantitative estimate of drug-likeness (QED) is 0.301. The maximum atomic E-state index is 12.3. The van der Waals surface area contributed by atoms with Crippen molar-refractivity contribution in [2.45, 2.75) is 63.2 Å². The van der Waals surface area contributed by atoms with Gasteiger partial charge in [-0.25, -0.2) is 13.1 Å². The van der Waals surface area contributed by atoms with Crippen molar-refractivity contribution in [3.05, 3.63) is 58.9 Å². The minimum Gasteiger partial charge on any atom is -0.469 e. The number of benzene rings is 1. The van der Waals surface area contributed by atoms with Crippen molar-refractivity contribution < 1.29 is 17.9 Å². The molecule has 6 nitrogen and oxygen atoms in total. The third-order valence-corrected chi connectivity index (χ3v) is 7.37. The molecule has 0 spiro atoms. The van der Waals surface area contributed by atoms with E-state index in [1.807, 2.05) is 12.3 Å². The van der Waals surface area contributed by atoms with Crippen LogP contribution in [0.4, 0.5) is 0 Å². The van der Waals surface area contributed by atoms with Crippen molar-refractivity contribution in [2.75, 3.05) is 13.7 Å². The summed E-state index contributed by atoms with van der Waals surface area (Å²) in [5, 5.41) is 0.501. The smallest absolute Gasteiger partial charge is 0.305 e. The molecule has 1 aromatic heterocycles. The lowest BCUT2D eigenvalue weighted by molar-refractivity contribution is -0.141. The van der Waals surface area contributed by atoms with Gasteiger partial charge in [0.15, 0.2) is 0 Å². The number of pyridine rings is 1. The van der Waals surface area contributed by atoms with Gasteiger partial charge in [0.2, 0.25) is 10.0 Å². The molecule has 176 valence electrons. The topological polar surface area (TPSA) is 85.4 Å². The van der Waals surface area contributed by atoms with Gasteiger partial charge in [0.05, 0.1) is 12.0 Å². The number of hydrogen-bond donors (Lipinski definition) is 1. The summed E-state index contributed by atoms with van der Waals surface area (Å²) in [6.07, 6.45) is 10.5. The second-order valence-corrected chi connectivity index (χ2v) is 10.2. The third kappa shape index (κ3) is 9.27. The molecule has 8 heteroatoms. The average molecular weight is 481 g/mol. The normalized spacial score (nSPS) is 12.5. The summed E-state index contributed by atoms with van der Waals surface area (Å²) in [6, 6.07) is 8.15. The van der Waals surface area contributed by atoms with Crippen LogP contribution in [0.2, 0.25) is 5.02 Å². The molecular formula is C24H33ClN2O4S. The highest BCUT2D eigenvalue weighted by Crippen LogP contribution is 2.23. The molecule has 0 saturated heterocycles. The summed E-state index contributed by atoms with van der Waals surface area (Å²) < 4.78 is 32.1. The Kier molecular flexibility index (Phi) is 11.1. The van der Waals surface area contributed by atoms with Crippen LogP contribution in [0.15, 0.2) is 47.6 Å². The van der Waals surface area contributed by atoms with E-state index in [1.165, 1.54) is 30.4 Å². The van der Waals surface area contributed by atoms with Gasteiger partial charge in [-0.3, -0.25) is 9.78 Å². The maximum Gasteiger partial charge on any atom is 0.305 e. The van der Waals surface area contributed by atoms with E-state index in [0.29, 0.717) is 23.9 Å². The number of nitrogens with zero attached hydrogens (tertiary/aromatic N) is 1. The van der Waals surface area contributed by atoms with Gasteiger partial charge in [-0.15, -0.1) is 0 Å². The SMILES string of the molecule is COC(=O)CCC(CCCCNS(=O)(=O)c1ccc(Cl)cc1)CCCc1cnccc1C. The van der Waals surface area contributed by atoms with Crippen molar-refractivity contribution >= 4 is 27.6 Å². The standard InChI is InChI=1S/C24H33ClN2O4S/c1-19-15-17-26-18-21(19)8-5-7-20(9-14-24(28)31-2)6-3-4-16-27-32(29,30)23-12-10-22(25)11-13-23/h10-13,15,17-18,20,27H,3-9,14,16H2,1-2H3. The molecule has 0 amide bonds. The number of ether oxygens (including phenoxy) is 1. The van der Waals surface area contributed by atoms with Crippen molar-refractivity contribution in [2.24, 2.45) is 5.92 Å². The summed E-state index contributed by atoms with van der Waals surface area (Å²) in [7, 11) is -2.12. The first kappa shape index (κ1) is 26.3. The van der Waals surface area contributed by atoms with E-state index in [2.05, 4.69) is 16.6 Å². The molecule has 0 aliphatic carbocycles. The molecule has 1 atom stereocenters. The molecule has 1 heterocycles. The number of halogens is 1. The van der Waals surface area contributed by atoms with Gasteiger partial charge in [-0.2, -0.15) is 0 Å². The van der Waals surface area contributed by atoms with Crippen LogP contribution < -0.4 is 4.72 Å². The van der Waals surface area contributed by atoms with Crippen LogP contribution in [-0.4, -0.2) is 33.0 Å². The molecular weight excluding hydrogens is 448 g/mol. The molecule has 0 aliphatic rings. The second-order valence-electron chi connectivity index (χ2n) is 8.02. The Balaban J connectivity index is 1.77. The van der Waals surface area contributed by atoms with E-state index in [1.54, 1.807) is 18.3 Å². The first-order chi connectivity index (χ1) is 15.3. The number of sulfonamides is 1. The molecule has 0 fully saturated rings. The summed E-state index contributed by atoms with van der Waals surface area (Å²) in [6.45, 7) is 2.47. The zero-order chi connectivity index (χ0) is 23.4. The fourth-order valence-electron chi connectivity index (χ4n) is 3.66. The molecule has 2 aromatic rings. The van der Waals surface area contributed by atoms with Crippen LogP contribution in [0, 0.1) is 12.8 Å². The monoisotopic (exact) mass is 480 g/mol. The van der Waals surface area contributed by atoms with Crippen LogP contribution >= 0.6 is 11.6 Å². The number of esters is 1. The third-order valence-electron chi connectivity index (χ3n) is 5.65. The van der Waals surface area contributed by atoms with Gasteiger partial charge in [0.1, 0.15) is 0 Å². The number of aryl methyl sites for hydroxylation is 2. The number of carbonyl (C=O) groups is 1. The van der Waals surface area contributed by atoms with E-state index in [4.69, 9.17) is 16.3 Å². The Morgan fingerprint density at radius 2 is 1.81 bits per heavy atom. The van der Waals surface area contributed by atoms with Crippen LogP contribution in [-0.2, 0) is 26.0 Å². The van der Waals surface area contributed by atoms with Gasteiger partial charge < -0.3 is 4.74 Å². The molecule has 2 rings (SSSR count). The number of carbonyl (C=O) groups excluding carboxylic acids is 1. The number of unbranched alkanes of at least 4 members (excludes halogenated alkanes) is 1. The van der Waals surface area contributed by atoms with Gasteiger partial charge in [0, 0.05) is 30.4 Å². The highest BCUT2D eigenvalue weighted by atomic mass is 35.5. The molecule has 0 saturated carbocycles. The number of nitrogens with one attached hydrogen (secondary N) is 1. The van der Waals surface area contributed by atoms with Gasteiger partial charge in [-0.1, -0.05) is 30.9 Å². The number of aromatic nitrogens is 1. The zero-order valence-electron chi connectivity index (χ0n) is 18.8. The molecule has 0 bridgehead atoms. The molecule has 1 N–H and O–H groups in total. The lowest BCUT2D eigenvalue weighted by Crippen LogP contribution is -2.24. The average Bonchev–Trinajstić information content (AvgIpc) is 2.78. The number of rotatable bonds is 14. The molecule has 1 aromatic carbocycles. The first-order valence-electron chi connectivity index (χ1n) is 11.0. The van der Waals surface area contributed by atoms with Crippen LogP contribution in [0.1, 0.15) is 56.1 Å². The first-order valence-corrected chi connectivity index (χ1v) is 12.9. The minimum atomic E-state index is -3.53. The van der Waals surface area contributed by atoms with Crippen molar-refractivity contribution in [1.82, 2.24) is 9.71 Å². The Hall–Kier alpha value is -1.96. The minimum absolute atomic E-state index is 0.186. The predicted molar refractivity (Wildman–Crippen MR) is 127 cm³/mol. The highest BCUT2D eigenvalue weighted by molar-refractivity contribution is 7.89. The zero-order valence-corrected chi connectivity index (χ0v) is 20.4. The van der Waals surface area contributed by atoms with E-state index in [9.17, 15) is 13.2 Å². The van der Waals surface area contributed by atoms with E-state index in [-0.39, 0.29) is 10.9 Å². The van der Waals surface area contributed by atoms with E-state index >= 15 is 0 Å². The predicted octanol–water partition coefficient (Wildman–Crippen LogP) is 5.08. The summed E-state index contributed by atoms with van der Waals surface area (Å²) in [5.74, 6) is 0.216. The molecule has 0 radical (unpaired) electrons. The molecule has 1 unspecified atom stereocenters. The fraction of sp³-hybridized carbons (Fsp3) is 0.500. The van der Waals surface area contributed by atoms with Gasteiger partial charge >= 0.3 is 5.97 Å². The Morgan fingerprint density at radius 3 is 2.50 bits per heavy atom. The summed E-state index contributed by atoms with van der Waals surface area (Å²) in [5.41, 5.74) is 2.51. The number of hydrogen-bond acceptors (Lipinski definition) is 5.